The van der Waals surface area contributed by atoms with E-state index in [1.54, 1.807) is 0 Å². The zero-order chi connectivity index (χ0) is 13.8. The van der Waals surface area contributed by atoms with Crippen LogP contribution in [0, 0.1) is 0 Å². The van der Waals surface area contributed by atoms with E-state index in [9.17, 15) is 0 Å². The van der Waals surface area contributed by atoms with Crippen molar-refractivity contribution in [3.63, 3.8) is 0 Å². The van der Waals surface area contributed by atoms with E-state index in [1.165, 1.54) is 0 Å². The Morgan fingerprint density at radius 2 is 1.89 bits per heavy atom. The van der Waals surface area contributed by atoms with Crippen LogP contribution in [0.5, 0.6) is 0 Å². The summed E-state index contributed by atoms with van der Waals surface area (Å²) in [7, 11) is 6.29. The fourth-order valence-electron chi connectivity index (χ4n) is 1.83. The molecule has 1 aliphatic heterocycles. The predicted octanol–water partition coefficient (Wildman–Crippen LogP) is 1.51. The van der Waals surface area contributed by atoms with Crippen molar-refractivity contribution in [1.82, 2.24) is 14.7 Å². The first-order valence-electron chi connectivity index (χ1n) is 6.65. The van der Waals surface area contributed by atoms with Crippen LogP contribution >= 0.6 is 0 Å². The van der Waals surface area contributed by atoms with Crippen molar-refractivity contribution in [1.29, 1.82) is 0 Å². The zero-order valence-corrected chi connectivity index (χ0v) is 12.8. The number of hydrogen-bond donors (Lipinski definition) is 0. The quantitative estimate of drug-likeness (QED) is 0.708. The zero-order valence-electron chi connectivity index (χ0n) is 12.8. The van der Waals surface area contributed by atoms with Crippen molar-refractivity contribution in [3.05, 3.63) is 12.2 Å². The molecule has 0 radical (unpaired) electrons. The highest BCUT2D eigenvalue weighted by Gasteiger charge is 2.24. The van der Waals surface area contributed by atoms with Crippen LogP contribution in [0.4, 0.5) is 0 Å². The molecule has 0 unspecified atom stereocenters. The van der Waals surface area contributed by atoms with E-state index >= 15 is 0 Å². The first-order valence-corrected chi connectivity index (χ1v) is 6.65. The van der Waals surface area contributed by atoms with Crippen molar-refractivity contribution >= 4 is 5.96 Å². The van der Waals surface area contributed by atoms with Gasteiger partial charge in [0.25, 0.3) is 0 Å². The minimum absolute atomic E-state index is 0.0144. The van der Waals surface area contributed by atoms with E-state index in [0.29, 0.717) is 0 Å². The molecule has 0 atom stereocenters. The largest absolute Gasteiger partial charge is 0.344 e. The van der Waals surface area contributed by atoms with Gasteiger partial charge in [0, 0.05) is 33.2 Å². The van der Waals surface area contributed by atoms with Crippen LogP contribution in [0.2, 0.25) is 0 Å². The van der Waals surface area contributed by atoms with Gasteiger partial charge in [-0.2, -0.15) is 0 Å². The summed E-state index contributed by atoms with van der Waals surface area (Å²) in [4.78, 5) is 11.6. The molecule has 1 rings (SSSR count). The second-order valence-electron chi connectivity index (χ2n) is 6.18. The summed E-state index contributed by atoms with van der Waals surface area (Å²) in [6.45, 7) is 10.5. The lowest BCUT2D eigenvalue weighted by atomic mass is 10.1. The molecule has 0 aliphatic carbocycles. The maximum absolute atomic E-state index is 4.81. The molecule has 104 valence electrons. The minimum atomic E-state index is -0.0144. The van der Waals surface area contributed by atoms with Gasteiger partial charge in [-0.1, -0.05) is 12.2 Å². The number of likely N-dealkylation sites (N-methyl/N-ethyl adjacent to an activating group) is 2. The molecule has 1 heterocycles. The van der Waals surface area contributed by atoms with Gasteiger partial charge in [-0.25, -0.2) is 4.99 Å². The molecule has 0 aromatic rings. The van der Waals surface area contributed by atoms with Crippen LogP contribution < -0.4 is 0 Å². The molecule has 0 bridgehead atoms. The lowest BCUT2D eigenvalue weighted by Gasteiger charge is -2.23. The van der Waals surface area contributed by atoms with Gasteiger partial charge in [0.05, 0.1) is 5.54 Å². The summed E-state index contributed by atoms with van der Waals surface area (Å²) in [6, 6.07) is 0. The van der Waals surface area contributed by atoms with E-state index in [0.717, 1.165) is 32.1 Å². The monoisotopic (exact) mass is 252 g/mol. The van der Waals surface area contributed by atoms with Crippen LogP contribution in [0.15, 0.2) is 17.1 Å². The number of aliphatic imine (C=N–C) groups is 1. The van der Waals surface area contributed by atoms with E-state index in [1.807, 2.05) is 0 Å². The summed E-state index contributed by atoms with van der Waals surface area (Å²) < 4.78 is 0. The summed E-state index contributed by atoms with van der Waals surface area (Å²) >= 11 is 0. The smallest absolute Gasteiger partial charge is 0.197 e. The third-order valence-corrected chi connectivity index (χ3v) is 2.73. The number of hydrogen-bond acceptors (Lipinski definition) is 2. The van der Waals surface area contributed by atoms with Gasteiger partial charge >= 0.3 is 0 Å². The standard InChI is InChI=1S/C14H28N4/c1-14(2,3)15-13-17(6)11-12-18(13)10-8-7-9-16(4)5/h7-8H,9-12H2,1-6H3/b8-7+,15-13?. The highest BCUT2D eigenvalue weighted by Crippen LogP contribution is 2.13. The fraction of sp³-hybridized carbons (Fsp3) is 0.786. The highest BCUT2D eigenvalue weighted by molar-refractivity contribution is 5.82. The van der Waals surface area contributed by atoms with Crippen LogP contribution in [-0.2, 0) is 0 Å². The number of nitrogens with zero attached hydrogens (tertiary/aromatic N) is 4. The molecule has 0 N–H and O–H groups in total. The van der Waals surface area contributed by atoms with Crippen molar-refractivity contribution in [2.75, 3.05) is 47.3 Å². The molecule has 1 saturated heterocycles. The van der Waals surface area contributed by atoms with Gasteiger partial charge in [-0.3, -0.25) is 0 Å². The Labute approximate surface area is 112 Å². The van der Waals surface area contributed by atoms with Gasteiger partial charge in [0.2, 0.25) is 0 Å². The Hall–Kier alpha value is -1.03. The summed E-state index contributed by atoms with van der Waals surface area (Å²) in [5.41, 5.74) is -0.0144. The second-order valence-corrected chi connectivity index (χ2v) is 6.18. The summed E-state index contributed by atoms with van der Waals surface area (Å²) in [5, 5.41) is 0. The Bertz CT molecular complexity index is 312. The minimum Gasteiger partial charge on any atom is -0.344 e. The van der Waals surface area contributed by atoms with Crippen LogP contribution in [0.1, 0.15) is 20.8 Å². The number of guanidine groups is 1. The first kappa shape index (κ1) is 15.0. The van der Waals surface area contributed by atoms with Crippen LogP contribution in [0.3, 0.4) is 0 Å². The third kappa shape index (κ3) is 5.08. The topological polar surface area (TPSA) is 22.1 Å². The van der Waals surface area contributed by atoms with E-state index in [-0.39, 0.29) is 5.54 Å². The molecule has 1 aliphatic rings. The maximum atomic E-state index is 4.81. The lowest BCUT2D eigenvalue weighted by Crippen LogP contribution is -2.34. The normalized spacial score (nSPS) is 19.8. The second kappa shape index (κ2) is 6.23. The lowest BCUT2D eigenvalue weighted by molar-refractivity contribution is 0.453. The molecule has 4 heteroatoms. The molecule has 0 saturated carbocycles. The molecule has 4 nitrogen and oxygen atoms in total. The highest BCUT2D eigenvalue weighted by atomic mass is 15.4. The maximum Gasteiger partial charge on any atom is 0.197 e. The van der Waals surface area contributed by atoms with Gasteiger partial charge < -0.3 is 14.7 Å². The van der Waals surface area contributed by atoms with Gasteiger partial charge in [0.1, 0.15) is 0 Å². The van der Waals surface area contributed by atoms with Crippen molar-refractivity contribution in [3.8, 4) is 0 Å². The number of rotatable bonds is 4. The molecule has 18 heavy (non-hydrogen) atoms. The average Bonchev–Trinajstić information content (AvgIpc) is 2.54. The van der Waals surface area contributed by atoms with Gasteiger partial charge in [-0.05, 0) is 34.9 Å². The molecule has 0 aromatic carbocycles. The Morgan fingerprint density at radius 1 is 1.22 bits per heavy atom. The van der Waals surface area contributed by atoms with E-state index < -0.39 is 0 Å². The molecular formula is C14H28N4. The van der Waals surface area contributed by atoms with Crippen molar-refractivity contribution < 1.29 is 0 Å². The molecule has 1 fully saturated rings. The van der Waals surface area contributed by atoms with Gasteiger partial charge in [0.15, 0.2) is 5.96 Å². The van der Waals surface area contributed by atoms with Crippen LogP contribution in [0.25, 0.3) is 0 Å². The Balaban J connectivity index is 2.59. The Morgan fingerprint density at radius 3 is 2.44 bits per heavy atom. The molecule has 0 aromatic heterocycles. The third-order valence-electron chi connectivity index (χ3n) is 2.73. The Kier molecular flexibility index (Phi) is 5.20. The van der Waals surface area contributed by atoms with Crippen LogP contribution in [-0.4, -0.2) is 73.5 Å². The summed E-state index contributed by atoms with van der Waals surface area (Å²) in [6.07, 6.45) is 4.45. The van der Waals surface area contributed by atoms with E-state index in [2.05, 4.69) is 68.8 Å². The SMILES string of the molecule is CN(C)C/C=C/CN1CCN(C)C1=NC(C)(C)C. The van der Waals surface area contributed by atoms with Crippen molar-refractivity contribution in [2.24, 2.45) is 4.99 Å². The van der Waals surface area contributed by atoms with Crippen molar-refractivity contribution in [2.45, 2.75) is 26.3 Å². The molecule has 0 amide bonds. The summed E-state index contributed by atoms with van der Waals surface area (Å²) in [5.74, 6) is 1.12. The molecule has 0 spiro atoms. The molecular weight excluding hydrogens is 224 g/mol. The first-order chi connectivity index (χ1) is 8.29. The average molecular weight is 252 g/mol. The fourth-order valence-corrected chi connectivity index (χ4v) is 1.83. The van der Waals surface area contributed by atoms with E-state index in [4.69, 9.17) is 4.99 Å². The predicted molar refractivity (Wildman–Crippen MR) is 79.1 cm³/mol. The van der Waals surface area contributed by atoms with Gasteiger partial charge in [-0.15, -0.1) is 0 Å².